The van der Waals surface area contributed by atoms with E-state index in [9.17, 15) is 4.39 Å². The Bertz CT molecular complexity index is 334. The minimum Gasteiger partial charge on any atom is -0.325 e. The number of likely N-dealkylation sites (tertiary alicyclic amines) is 1. The Morgan fingerprint density at radius 1 is 1.47 bits per heavy atom. The fourth-order valence-electron chi connectivity index (χ4n) is 2.22. The standard InChI is InChI=1S/C12H17FN2/c1-2-12(15-7-9(14)8-15)10-5-3-4-6-11(10)13/h3-6,9,12H,2,7-8,14H2,1H3. The van der Waals surface area contributed by atoms with E-state index in [0.717, 1.165) is 25.1 Å². The molecule has 82 valence electrons. The van der Waals surface area contributed by atoms with Crippen LogP contribution in [0.5, 0.6) is 0 Å². The first kappa shape index (κ1) is 10.6. The first-order valence-electron chi connectivity index (χ1n) is 5.46. The topological polar surface area (TPSA) is 29.3 Å². The average Bonchev–Trinajstić information content (AvgIpc) is 2.19. The lowest BCUT2D eigenvalue weighted by atomic mass is 9.97. The maximum Gasteiger partial charge on any atom is 0.127 e. The van der Waals surface area contributed by atoms with E-state index in [1.54, 1.807) is 6.07 Å². The zero-order chi connectivity index (χ0) is 10.8. The number of hydrogen-bond donors (Lipinski definition) is 1. The molecule has 0 aliphatic carbocycles. The van der Waals surface area contributed by atoms with Crippen LogP contribution in [0, 0.1) is 5.82 Å². The molecular weight excluding hydrogens is 191 g/mol. The average molecular weight is 208 g/mol. The van der Waals surface area contributed by atoms with Gasteiger partial charge in [-0.25, -0.2) is 4.39 Å². The Balaban J connectivity index is 2.16. The second-order valence-electron chi connectivity index (χ2n) is 4.16. The second-order valence-corrected chi connectivity index (χ2v) is 4.16. The van der Waals surface area contributed by atoms with Crippen LogP contribution >= 0.6 is 0 Å². The third-order valence-electron chi connectivity index (χ3n) is 3.03. The Morgan fingerprint density at radius 2 is 2.13 bits per heavy atom. The lowest BCUT2D eigenvalue weighted by Gasteiger charge is -2.42. The van der Waals surface area contributed by atoms with Crippen LogP contribution in [0.2, 0.25) is 0 Å². The zero-order valence-corrected chi connectivity index (χ0v) is 8.99. The van der Waals surface area contributed by atoms with Gasteiger partial charge in [0.05, 0.1) is 0 Å². The summed E-state index contributed by atoms with van der Waals surface area (Å²) in [5, 5.41) is 0. The monoisotopic (exact) mass is 208 g/mol. The summed E-state index contributed by atoms with van der Waals surface area (Å²) in [6, 6.07) is 7.47. The van der Waals surface area contributed by atoms with Gasteiger partial charge in [-0.2, -0.15) is 0 Å². The molecule has 1 fully saturated rings. The molecule has 2 nitrogen and oxygen atoms in total. The predicted octanol–water partition coefficient (Wildman–Crippen LogP) is 1.92. The van der Waals surface area contributed by atoms with Crippen LogP contribution in [-0.2, 0) is 0 Å². The minimum absolute atomic E-state index is 0.107. The highest BCUT2D eigenvalue weighted by atomic mass is 19.1. The molecule has 3 heteroatoms. The highest BCUT2D eigenvalue weighted by Crippen LogP contribution is 2.29. The van der Waals surface area contributed by atoms with Crippen LogP contribution in [0.3, 0.4) is 0 Å². The maximum atomic E-state index is 13.6. The summed E-state index contributed by atoms with van der Waals surface area (Å²) >= 11 is 0. The molecule has 1 heterocycles. The Morgan fingerprint density at radius 3 is 2.67 bits per heavy atom. The molecular formula is C12H17FN2. The third-order valence-corrected chi connectivity index (χ3v) is 3.03. The number of halogens is 1. The van der Waals surface area contributed by atoms with Crippen molar-refractivity contribution in [2.45, 2.75) is 25.4 Å². The van der Waals surface area contributed by atoms with E-state index in [0.29, 0.717) is 0 Å². The molecule has 0 aromatic heterocycles. The molecule has 0 radical (unpaired) electrons. The molecule has 2 rings (SSSR count). The minimum atomic E-state index is -0.107. The van der Waals surface area contributed by atoms with Crippen molar-refractivity contribution in [3.8, 4) is 0 Å². The second kappa shape index (κ2) is 4.29. The Kier molecular flexibility index (Phi) is 3.03. The first-order valence-corrected chi connectivity index (χ1v) is 5.46. The maximum absolute atomic E-state index is 13.6. The molecule has 0 bridgehead atoms. The van der Waals surface area contributed by atoms with Gasteiger partial charge in [0.2, 0.25) is 0 Å². The van der Waals surface area contributed by atoms with Crippen molar-refractivity contribution in [1.29, 1.82) is 0 Å². The van der Waals surface area contributed by atoms with E-state index in [-0.39, 0.29) is 17.9 Å². The van der Waals surface area contributed by atoms with E-state index < -0.39 is 0 Å². The van der Waals surface area contributed by atoms with Gasteiger partial charge >= 0.3 is 0 Å². The Labute approximate surface area is 89.9 Å². The van der Waals surface area contributed by atoms with Crippen LogP contribution in [-0.4, -0.2) is 24.0 Å². The number of rotatable bonds is 3. The molecule has 1 atom stereocenters. The number of benzene rings is 1. The van der Waals surface area contributed by atoms with Crippen LogP contribution in [0.25, 0.3) is 0 Å². The van der Waals surface area contributed by atoms with Crippen molar-refractivity contribution in [1.82, 2.24) is 4.90 Å². The van der Waals surface area contributed by atoms with Gasteiger partial charge in [-0.05, 0) is 12.5 Å². The van der Waals surface area contributed by atoms with E-state index >= 15 is 0 Å². The number of nitrogens with zero attached hydrogens (tertiary/aromatic N) is 1. The fraction of sp³-hybridized carbons (Fsp3) is 0.500. The number of nitrogens with two attached hydrogens (primary N) is 1. The molecule has 1 saturated heterocycles. The third kappa shape index (κ3) is 2.03. The van der Waals surface area contributed by atoms with E-state index in [1.165, 1.54) is 6.07 Å². The van der Waals surface area contributed by atoms with Crippen molar-refractivity contribution in [2.75, 3.05) is 13.1 Å². The van der Waals surface area contributed by atoms with Crippen molar-refractivity contribution >= 4 is 0 Å². The highest BCUT2D eigenvalue weighted by molar-refractivity contribution is 5.22. The molecule has 1 aliphatic heterocycles. The van der Waals surface area contributed by atoms with Gasteiger partial charge in [0.15, 0.2) is 0 Å². The summed E-state index contributed by atoms with van der Waals surface area (Å²) in [6.07, 6.45) is 0.924. The first-order chi connectivity index (χ1) is 7.22. The van der Waals surface area contributed by atoms with Gasteiger partial charge in [-0.3, -0.25) is 4.90 Å². The summed E-state index contributed by atoms with van der Waals surface area (Å²) in [4.78, 5) is 2.24. The Hall–Kier alpha value is -0.930. The largest absolute Gasteiger partial charge is 0.325 e. The van der Waals surface area contributed by atoms with Gasteiger partial charge in [-0.15, -0.1) is 0 Å². The summed E-state index contributed by atoms with van der Waals surface area (Å²) < 4.78 is 13.6. The smallest absolute Gasteiger partial charge is 0.127 e. The van der Waals surface area contributed by atoms with Gasteiger partial charge in [0, 0.05) is 30.7 Å². The van der Waals surface area contributed by atoms with Crippen molar-refractivity contribution in [2.24, 2.45) is 5.73 Å². The zero-order valence-electron chi connectivity index (χ0n) is 8.99. The molecule has 1 aromatic rings. The fourth-order valence-corrected chi connectivity index (χ4v) is 2.22. The van der Waals surface area contributed by atoms with Gasteiger partial charge in [0.1, 0.15) is 5.82 Å². The lowest BCUT2D eigenvalue weighted by molar-refractivity contribution is 0.0890. The summed E-state index contributed by atoms with van der Waals surface area (Å²) in [5.41, 5.74) is 6.54. The summed E-state index contributed by atoms with van der Waals surface area (Å²) in [5.74, 6) is -0.107. The quantitative estimate of drug-likeness (QED) is 0.822. The predicted molar refractivity (Wildman–Crippen MR) is 59.0 cm³/mol. The van der Waals surface area contributed by atoms with Crippen LogP contribution in [0.4, 0.5) is 4.39 Å². The molecule has 15 heavy (non-hydrogen) atoms. The molecule has 0 saturated carbocycles. The van der Waals surface area contributed by atoms with Crippen LogP contribution < -0.4 is 5.73 Å². The van der Waals surface area contributed by atoms with Crippen molar-refractivity contribution < 1.29 is 4.39 Å². The van der Waals surface area contributed by atoms with Crippen molar-refractivity contribution in [3.63, 3.8) is 0 Å². The van der Waals surface area contributed by atoms with Crippen molar-refractivity contribution in [3.05, 3.63) is 35.6 Å². The SMILES string of the molecule is CCC(c1ccccc1F)N1CC(N)C1. The van der Waals surface area contributed by atoms with Gasteiger partial charge in [0.25, 0.3) is 0 Å². The summed E-state index contributed by atoms with van der Waals surface area (Å²) in [6.45, 7) is 3.85. The normalized spacial score (nSPS) is 19.9. The van der Waals surface area contributed by atoms with Gasteiger partial charge < -0.3 is 5.73 Å². The van der Waals surface area contributed by atoms with E-state index in [1.807, 2.05) is 12.1 Å². The lowest BCUT2D eigenvalue weighted by Crippen LogP contribution is -2.56. The molecule has 0 amide bonds. The molecule has 1 aliphatic rings. The van der Waals surface area contributed by atoms with Crippen LogP contribution in [0.1, 0.15) is 24.9 Å². The van der Waals surface area contributed by atoms with Gasteiger partial charge in [-0.1, -0.05) is 25.1 Å². The summed E-state index contributed by atoms with van der Waals surface area (Å²) in [7, 11) is 0. The number of hydrogen-bond acceptors (Lipinski definition) is 2. The molecule has 2 N–H and O–H groups in total. The van der Waals surface area contributed by atoms with Crippen LogP contribution in [0.15, 0.2) is 24.3 Å². The molecule has 0 spiro atoms. The van der Waals surface area contributed by atoms with E-state index in [2.05, 4.69) is 11.8 Å². The highest BCUT2D eigenvalue weighted by Gasteiger charge is 2.30. The molecule has 1 unspecified atom stereocenters. The van der Waals surface area contributed by atoms with E-state index in [4.69, 9.17) is 5.73 Å². The molecule has 1 aromatic carbocycles.